The van der Waals surface area contributed by atoms with Crippen molar-refractivity contribution in [2.24, 2.45) is 5.92 Å². The van der Waals surface area contributed by atoms with Crippen LogP contribution in [-0.4, -0.2) is 50.3 Å². The molecular formula is C21H27N5. The molecule has 0 radical (unpaired) electrons. The summed E-state index contributed by atoms with van der Waals surface area (Å²) in [7, 11) is 2.24. The maximum Gasteiger partial charge on any atom is 0.233 e. The van der Waals surface area contributed by atoms with Crippen molar-refractivity contribution in [1.29, 1.82) is 0 Å². The fourth-order valence-corrected chi connectivity index (χ4v) is 4.23. The van der Waals surface area contributed by atoms with E-state index in [9.17, 15) is 0 Å². The van der Waals surface area contributed by atoms with Gasteiger partial charge >= 0.3 is 0 Å². The summed E-state index contributed by atoms with van der Waals surface area (Å²) in [6, 6.07) is 13.4. The monoisotopic (exact) mass is 349 g/mol. The standard InChI is InChI=1S/C21H27N5/c1-17-14-25(15-18-7-4-3-5-8-18)12-9-20(17)24(2)16-19-13-23-21-22-10-6-11-26(19)21/h3-8,10-11,13,17,20H,9,12,14-16H2,1-2H3/t17-,20-/m0/s1. The number of aromatic nitrogens is 3. The first-order valence-corrected chi connectivity index (χ1v) is 9.44. The third-order valence-corrected chi connectivity index (χ3v) is 5.54. The van der Waals surface area contributed by atoms with Crippen molar-refractivity contribution in [3.05, 3.63) is 66.2 Å². The lowest BCUT2D eigenvalue weighted by molar-refractivity contribution is 0.0711. The second-order valence-corrected chi connectivity index (χ2v) is 7.51. The lowest BCUT2D eigenvalue weighted by Gasteiger charge is -2.41. The molecule has 1 aliphatic heterocycles. The van der Waals surface area contributed by atoms with Gasteiger partial charge in [0.1, 0.15) is 0 Å². The molecule has 2 atom stereocenters. The molecule has 1 saturated heterocycles. The van der Waals surface area contributed by atoms with Gasteiger partial charge in [-0.25, -0.2) is 9.97 Å². The molecule has 3 aromatic rings. The summed E-state index contributed by atoms with van der Waals surface area (Å²) in [6.07, 6.45) is 7.00. The molecular weight excluding hydrogens is 322 g/mol. The van der Waals surface area contributed by atoms with Gasteiger partial charge in [-0.1, -0.05) is 37.3 Å². The molecule has 5 heteroatoms. The van der Waals surface area contributed by atoms with Gasteiger partial charge < -0.3 is 0 Å². The number of rotatable bonds is 5. The SMILES string of the molecule is C[C@H]1CN(Cc2ccccc2)CC[C@@H]1N(C)Cc1cnc2ncccn12. The largest absolute Gasteiger partial charge is 0.299 e. The van der Waals surface area contributed by atoms with Gasteiger partial charge in [0.25, 0.3) is 0 Å². The summed E-state index contributed by atoms with van der Waals surface area (Å²) in [5, 5.41) is 0. The Bertz CT molecular complexity index is 844. The average molecular weight is 349 g/mol. The van der Waals surface area contributed by atoms with Crippen LogP contribution in [0.1, 0.15) is 24.6 Å². The van der Waals surface area contributed by atoms with Crippen molar-refractivity contribution in [3.63, 3.8) is 0 Å². The summed E-state index contributed by atoms with van der Waals surface area (Å²) >= 11 is 0. The highest BCUT2D eigenvalue weighted by Crippen LogP contribution is 2.24. The van der Waals surface area contributed by atoms with Gasteiger partial charge in [0.15, 0.2) is 0 Å². The zero-order chi connectivity index (χ0) is 17.9. The minimum atomic E-state index is 0.601. The lowest BCUT2D eigenvalue weighted by atomic mass is 9.92. The molecule has 0 unspecified atom stereocenters. The van der Waals surface area contributed by atoms with Crippen molar-refractivity contribution >= 4 is 5.78 Å². The summed E-state index contributed by atoms with van der Waals surface area (Å²) in [5.41, 5.74) is 2.61. The van der Waals surface area contributed by atoms with E-state index < -0.39 is 0 Å². The maximum atomic E-state index is 4.41. The predicted molar refractivity (Wildman–Crippen MR) is 104 cm³/mol. The topological polar surface area (TPSA) is 36.7 Å². The van der Waals surface area contributed by atoms with Gasteiger partial charge in [-0.3, -0.25) is 14.2 Å². The maximum absolute atomic E-state index is 4.41. The molecule has 136 valence electrons. The highest BCUT2D eigenvalue weighted by atomic mass is 15.2. The first-order chi connectivity index (χ1) is 12.7. The van der Waals surface area contributed by atoms with Crippen LogP contribution in [0, 0.1) is 5.92 Å². The van der Waals surface area contributed by atoms with Crippen LogP contribution in [0.5, 0.6) is 0 Å². The molecule has 4 rings (SSSR count). The minimum absolute atomic E-state index is 0.601. The Kier molecular flexibility index (Phi) is 5.00. The third kappa shape index (κ3) is 3.64. The van der Waals surface area contributed by atoms with E-state index in [0.717, 1.165) is 32.0 Å². The van der Waals surface area contributed by atoms with E-state index in [4.69, 9.17) is 0 Å². The predicted octanol–water partition coefficient (Wildman–Crippen LogP) is 3.07. The van der Waals surface area contributed by atoms with E-state index in [-0.39, 0.29) is 0 Å². The quantitative estimate of drug-likeness (QED) is 0.709. The number of fused-ring (bicyclic) bond motifs is 1. The first kappa shape index (κ1) is 17.2. The molecule has 0 amide bonds. The van der Waals surface area contributed by atoms with Crippen LogP contribution in [0.3, 0.4) is 0 Å². The van der Waals surface area contributed by atoms with Gasteiger partial charge in [-0.15, -0.1) is 0 Å². The second kappa shape index (κ2) is 7.56. The summed E-state index contributed by atoms with van der Waals surface area (Å²) in [5.74, 6) is 1.43. The molecule has 1 fully saturated rings. The summed E-state index contributed by atoms with van der Waals surface area (Å²) in [4.78, 5) is 13.8. The Morgan fingerprint density at radius 1 is 1.15 bits per heavy atom. The van der Waals surface area contributed by atoms with E-state index in [1.807, 2.05) is 18.5 Å². The van der Waals surface area contributed by atoms with Crippen molar-refractivity contribution in [3.8, 4) is 0 Å². The number of likely N-dealkylation sites (tertiary alicyclic amines) is 1. The Morgan fingerprint density at radius 2 is 2.00 bits per heavy atom. The fourth-order valence-electron chi connectivity index (χ4n) is 4.23. The van der Waals surface area contributed by atoms with Crippen LogP contribution < -0.4 is 0 Å². The van der Waals surface area contributed by atoms with E-state index in [1.54, 1.807) is 6.20 Å². The third-order valence-electron chi connectivity index (χ3n) is 5.54. The normalized spacial score (nSPS) is 21.5. The fraction of sp³-hybridized carbons (Fsp3) is 0.429. The molecule has 3 heterocycles. The van der Waals surface area contributed by atoms with Crippen molar-refractivity contribution in [2.45, 2.75) is 32.5 Å². The van der Waals surface area contributed by atoms with E-state index in [1.165, 1.54) is 17.7 Å². The molecule has 0 bridgehead atoms. The van der Waals surface area contributed by atoms with E-state index in [2.05, 4.69) is 68.5 Å². The number of benzene rings is 1. The van der Waals surface area contributed by atoms with Crippen LogP contribution >= 0.6 is 0 Å². The van der Waals surface area contributed by atoms with Gasteiger partial charge in [-0.05, 0) is 37.6 Å². The van der Waals surface area contributed by atoms with E-state index in [0.29, 0.717) is 12.0 Å². The van der Waals surface area contributed by atoms with Crippen LogP contribution in [-0.2, 0) is 13.1 Å². The number of imidazole rings is 1. The molecule has 5 nitrogen and oxygen atoms in total. The first-order valence-electron chi connectivity index (χ1n) is 9.44. The molecule has 26 heavy (non-hydrogen) atoms. The van der Waals surface area contributed by atoms with Gasteiger partial charge in [-0.2, -0.15) is 0 Å². The Balaban J connectivity index is 1.38. The number of hydrogen-bond acceptors (Lipinski definition) is 4. The summed E-state index contributed by atoms with van der Waals surface area (Å²) < 4.78 is 2.09. The summed E-state index contributed by atoms with van der Waals surface area (Å²) in [6.45, 7) is 6.65. The highest BCUT2D eigenvalue weighted by molar-refractivity contribution is 5.30. The van der Waals surface area contributed by atoms with E-state index >= 15 is 0 Å². The Labute approximate surface area is 155 Å². The molecule has 1 aromatic carbocycles. The number of hydrogen-bond donors (Lipinski definition) is 0. The van der Waals surface area contributed by atoms with Crippen LogP contribution in [0.25, 0.3) is 5.78 Å². The van der Waals surface area contributed by atoms with Crippen molar-refractivity contribution in [2.75, 3.05) is 20.1 Å². The number of piperidine rings is 1. The highest BCUT2D eigenvalue weighted by Gasteiger charge is 2.29. The molecule has 1 aliphatic rings. The molecule has 0 spiro atoms. The molecule has 2 aromatic heterocycles. The Morgan fingerprint density at radius 3 is 2.81 bits per heavy atom. The molecule has 0 saturated carbocycles. The average Bonchev–Trinajstić information content (AvgIpc) is 3.06. The lowest BCUT2D eigenvalue weighted by Crippen LogP contribution is -2.48. The zero-order valence-corrected chi connectivity index (χ0v) is 15.6. The minimum Gasteiger partial charge on any atom is -0.299 e. The molecule has 0 N–H and O–H groups in total. The van der Waals surface area contributed by atoms with Gasteiger partial charge in [0.2, 0.25) is 5.78 Å². The van der Waals surface area contributed by atoms with Crippen LogP contribution in [0.4, 0.5) is 0 Å². The van der Waals surface area contributed by atoms with Crippen molar-refractivity contribution < 1.29 is 0 Å². The smallest absolute Gasteiger partial charge is 0.233 e. The van der Waals surface area contributed by atoms with Crippen LogP contribution in [0.2, 0.25) is 0 Å². The number of nitrogens with zero attached hydrogens (tertiary/aromatic N) is 5. The Hall–Kier alpha value is -2.24. The van der Waals surface area contributed by atoms with Gasteiger partial charge in [0.05, 0.1) is 11.9 Å². The second-order valence-electron chi connectivity index (χ2n) is 7.51. The van der Waals surface area contributed by atoms with Gasteiger partial charge in [0, 0.05) is 38.1 Å². The van der Waals surface area contributed by atoms with Crippen LogP contribution in [0.15, 0.2) is 55.0 Å². The zero-order valence-electron chi connectivity index (χ0n) is 15.6. The molecule has 0 aliphatic carbocycles. The van der Waals surface area contributed by atoms with Crippen molar-refractivity contribution in [1.82, 2.24) is 24.2 Å².